The number of phenolic OH excluding ortho intramolecular Hbond substituents is 3. The largest absolute Gasteiger partial charge is 0.504 e. The second kappa shape index (κ2) is 8.43. The minimum Gasteiger partial charge on any atom is -0.504 e. The Balaban J connectivity index is 0.00000361. The van der Waals surface area contributed by atoms with E-state index < -0.39 is 29.2 Å². The predicted octanol–water partition coefficient (Wildman–Crippen LogP) is -0.680. The number of nitrogens with two attached hydrogens (primary N) is 1. The van der Waals surface area contributed by atoms with Crippen LogP contribution in [0, 0.1) is 0 Å². The molecule has 1 unspecified atom stereocenters. The minimum absolute atomic E-state index is 0. The summed E-state index contributed by atoms with van der Waals surface area (Å²) >= 11 is 0. The molecule has 0 radical (unpaired) electrons. The fourth-order valence-electron chi connectivity index (χ4n) is 1.33. The first-order chi connectivity index (χ1) is 8.97. The Labute approximate surface area is 121 Å². The SMILES string of the molecule is COCC(N)C(=O)NNCc1ccc(O)c(O)c1O.Cl. The third-order valence-electron chi connectivity index (χ3n) is 2.39. The standard InChI is InChI=1S/C11H17N3O5.ClH/c1-19-5-7(12)11(18)14-13-4-6-2-3-8(15)10(17)9(6)16;/h2-3,7,13,15-17H,4-5,12H2,1H3,(H,14,18);1H. The van der Waals surface area contributed by atoms with E-state index in [2.05, 4.69) is 10.9 Å². The first-order valence-corrected chi connectivity index (χ1v) is 5.47. The maximum Gasteiger partial charge on any atom is 0.253 e. The lowest BCUT2D eigenvalue weighted by atomic mass is 10.2. The molecule has 1 amide bonds. The monoisotopic (exact) mass is 307 g/mol. The quantitative estimate of drug-likeness (QED) is 0.302. The van der Waals surface area contributed by atoms with Crippen LogP contribution in [0.1, 0.15) is 5.56 Å². The fourth-order valence-corrected chi connectivity index (χ4v) is 1.33. The summed E-state index contributed by atoms with van der Waals surface area (Å²) in [6.07, 6.45) is 0. The first kappa shape index (κ1) is 18.3. The van der Waals surface area contributed by atoms with Crippen molar-refractivity contribution in [3.63, 3.8) is 0 Å². The molecule has 7 N–H and O–H groups in total. The predicted molar refractivity (Wildman–Crippen MR) is 73.5 cm³/mol. The Morgan fingerprint density at radius 2 is 2.00 bits per heavy atom. The van der Waals surface area contributed by atoms with Crippen molar-refractivity contribution in [2.24, 2.45) is 5.73 Å². The zero-order valence-electron chi connectivity index (χ0n) is 10.8. The Morgan fingerprint density at radius 3 is 2.60 bits per heavy atom. The molecular formula is C11H18ClN3O5. The van der Waals surface area contributed by atoms with Gasteiger partial charge in [-0.3, -0.25) is 10.2 Å². The molecule has 0 fully saturated rings. The maximum atomic E-state index is 11.4. The van der Waals surface area contributed by atoms with Crippen molar-refractivity contribution in [1.29, 1.82) is 0 Å². The summed E-state index contributed by atoms with van der Waals surface area (Å²) in [5.41, 5.74) is 10.7. The Bertz CT molecular complexity index is 458. The highest BCUT2D eigenvalue weighted by atomic mass is 35.5. The number of amides is 1. The third-order valence-corrected chi connectivity index (χ3v) is 2.39. The van der Waals surface area contributed by atoms with Crippen molar-refractivity contribution >= 4 is 18.3 Å². The van der Waals surface area contributed by atoms with Gasteiger partial charge in [0, 0.05) is 19.2 Å². The molecule has 114 valence electrons. The van der Waals surface area contributed by atoms with Gasteiger partial charge < -0.3 is 25.8 Å². The molecule has 8 nitrogen and oxygen atoms in total. The highest BCUT2D eigenvalue weighted by molar-refractivity contribution is 5.85. The smallest absolute Gasteiger partial charge is 0.253 e. The number of hydrogen-bond acceptors (Lipinski definition) is 7. The number of halogens is 1. The molecular weight excluding hydrogens is 290 g/mol. The number of nitrogens with one attached hydrogen (secondary N) is 2. The van der Waals surface area contributed by atoms with Crippen molar-refractivity contribution in [3.05, 3.63) is 17.7 Å². The van der Waals surface area contributed by atoms with Crippen molar-refractivity contribution in [1.82, 2.24) is 10.9 Å². The van der Waals surface area contributed by atoms with Crippen LogP contribution in [-0.4, -0.2) is 41.0 Å². The van der Waals surface area contributed by atoms with E-state index in [4.69, 9.17) is 15.6 Å². The molecule has 0 heterocycles. The number of carbonyl (C=O) groups is 1. The van der Waals surface area contributed by atoms with E-state index in [1.807, 2.05) is 0 Å². The summed E-state index contributed by atoms with van der Waals surface area (Å²) in [6, 6.07) is 1.82. The molecule has 1 rings (SSSR count). The number of rotatable bonds is 6. The number of phenols is 3. The van der Waals surface area contributed by atoms with Gasteiger partial charge in [-0.15, -0.1) is 12.4 Å². The van der Waals surface area contributed by atoms with Gasteiger partial charge in [0.1, 0.15) is 6.04 Å². The van der Waals surface area contributed by atoms with Crippen LogP contribution in [0.2, 0.25) is 0 Å². The number of carbonyl (C=O) groups excluding carboxylic acids is 1. The number of benzene rings is 1. The maximum absolute atomic E-state index is 11.4. The van der Waals surface area contributed by atoms with Crippen LogP contribution in [0.25, 0.3) is 0 Å². The molecule has 1 atom stereocenters. The lowest BCUT2D eigenvalue weighted by molar-refractivity contribution is -0.124. The Hall–Kier alpha value is -1.74. The van der Waals surface area contributed by atoms with E-state index in [0.29, 0.717) is 5.56 Å². The van der Waals surface area contributed by atoms with Crippen LogP contribution in [0.4, 0.5) is 0 Å². The van der Waals surface area contributed by atoms with Gasteiger partial charge in [-0.05, 0) is 6.07 Å². The van der Waals surface area contributed by atoms with Gasteiger partial charge >= 0.3 is 0 Å². The second-order valence-electron chi connectivity index (χ2n) is 3.85. The molecule has 0 aromatic heterocycles. The zero-order valence-corrected chi connectivity index (χ0v) is 11.6. The lowest BCUT2D eigenvalue weighted by Gasteiger charge is -2.13. The number of hydrogen-bond donors (Lipinski definition) is 6. The Kier molecular flexibility index (Phi) is 7.70. The van der Waals surface area contributed by atoms with Crippen LogP contribution >= 0.6 is 12.4 Å². The molecule has 1 aromatic carbocycles. The summed E-state index contributed by atoms with van der Waals surface area (Å²) in [5, 5.41) is 28.0. The molecule has 0 bridgehead atoms. The van der Waals surface area contributed by atoms with Gasteiger partial charge in [0.05, 0.1) is 6.61 Å². The van der Waals surface area contributed by atoms with Crippen molar-refractivity contribution in [3.8, 4) is 17.2 Å². The summed E-state index contributed by atoms with van der Waals surface area (Å²) in [4.78, 5) is 11.4. The number of aromatic hydroxyl groups is 3. The van der Waals surface area contributed by atoms with E-state index in [0.717, 1.165) is 0 Å². The molecule has 1 aromatic rings. The van der Waals surface area contributed by atoms with Gasteiger partial charge in [-0.2, -0.15) is 0 Å². The van der Waals surface area contributed by atoms with Gasteiger partial charge in [0.15, 0.2) is 11.5 Å². The van der Waals surface area contributed by atoms with Crippen LogP contribution in [-0.2, 0) is 16.1 Å². The molecule has 0 aliphatic rings. The average molecular weight is 308 g/mol. The third kappa shape index (κ3) is 4.74. The van der Waals surface area contributed by atoms with Gasteiger partial charge in [-0.25, -0.2) is 5.43 Å². The number of ether oxygens (including phenoxy) is 1. The van der Waals surface area contributed by atoms with E-state index in [-0.39, 0.29) is 25.6 Å². The molecule has 0 aliphatic carbocycles. The van der Waals surface area contributed by atoms with Crippen LogP contribution in [0.3, 0.4) is 0 Å². The van der Waals surface area contributed by atoms with Crippen molar-refractivity contribution < 1.29 is 24.9 Å². The van der Waals surface area contributed by atoms with Crippen LogP contribution < -0.4 is 16.6 Å². The molecule has 0 saturated heterocycles. The molecule has 0 saturated carbocycles. The minimum atomic E-state index is -0.806. The molecule has 0 aliphatic heterocycles. The highest BCUT2D eigenvalue weighted by Crippen LogP contribution is 2.36. The summed E-state index contributed by atoms with van der Waals surface area (Å²) in [6.45, 7) is 0.129. The Morgan fingerprint density at radius 1 is 1.35 bits per heavy atom. The number of hydrazine groups is 1. The first-order valence-electron chi connectivity index (χ1n) is 5.47. The lowest BCUT2D eigenvalue weighted by Crippen LogP contribution is -2.48. The van der Waals surface area contributed by atoms with E-state index in [9.17, 15) is 15.0 Å². The van der Waals surface area contributed by atoms with Gasteiger partial charge in [-0.1, -0.05) is 6.07 Å². The van der Waals surface area contributed by atoms with Crippen molar-refractivity contribution in [2.45, 2.75) is 12.6 Å². The highest BCUT2D eigenvalue weighted by Gasteiger charge is 2.13. The summed E-state index contributed by atoms with van der Waals surface area (Å²) in [7, 11) is 1.43. The van der Waals surface area contributed by atoms with E-state index >= 15 is 0 Å². The van der Waals surface area contributed by atoms with E-state index in [1.54, 1.807) is 0 Å². The molecule has 0 spiro atoms. The summed E-state index contributed by atoms with van der Waals surface area (Å²) < 4.78 is 4.72. The van der Waals surface area contributed by atoms with Crippen LogP contribution in [0.5, 0.6) is 17.2 Å². The topological polar surface area (TPSA) is 137 Å². The second-order valence-corrected chi connectivity index (χ2v) is 3.85. The fraction of sp³-hybridized carbons (Fsp3) is 0.364. The normalized spacial score (nSPS) is 11.5. The average Bonchev–Trinajstić information content (AvgIpc) is 2.39. The molecule has 9 heteroatoms. The van der Waals surface area contributed by atoms with E-state index in [1.165, 1.54) is 19.2 Å². The van der Waals surface area contributed by atoms with Crippen molar-refractivity contribution in [2.75, 3.05) is 13.7 Å². The van der Waals surface area contributed by atoms with Gasteiger partial charge in [0.25, 0.3) is 5.91 Å². The van der Waals surface area contributed by atoms with Gasteiger partial charge in [0.2, 0.25) is 5.75 Å². The number of methoxy groups -OCH3 is 1. The zero-order chi connectivity index (χ0) is 14.4. The van der Waals surface area contributed by atoms with Crippen LogP contribution in [0.15, 0.2) is 12.1 Å². The molecule has 20 heavy (non-hydrogen) atoms. The summed E-state index contributed by atoms with van der Waals surface area (Å²) in [5.74, 6) is -1.96.